The van der Waals surface area contributed by atoms with Crippen LogP contribution in [0.25, 0.3) is 0 Å². The van der Waals surface area contributed by atoms with Gasteiger partial charge in [0.2, 0.25) is 5.91 Å². The third-order valence-electron chi connectivity index (χ3n) is 2.98. The SMILES string of the molecule is CCCCN(CC)C(=O)CCn1ccccc1=O. The maximum atomic E-state index is 12.0. The zero-order valence-electron chi connectivity index (χ0n) is 11.3. The number of hydrogen-bond acceptors (Lipinski definition) is 2. The van der Waals surface area contributed by atoms with Crippen molar-refractivity contribution in [3.05, 3.63) is 34.7 Å². The number of pyridine rings is 1. The molecular weight excluding hydrogens is 228 g/mol. The van der Waals surface area contributed by atoms with Gasteiger partial charge < -0.3 is 9.47 Å². The van der Waals surface area contributed by atoms with E-state index in [1.54, 1.807) is 22.9 Å². The van der Waals surface area contributed by atoms with E-state index in [9.17, 15) is 9.59 Å². The molecule has 0 aromatic carbocycles. The summed E-state index contributed by atoms with van der Waals surface area (Å²) < 4.78 is 1.57. The number of rotatable bonds is 7. The highest BCUT2D eigenvalue weighted by atomic mass is 16.2. The Morgan fingerprint density at radius 1 is 1.33 bits per heavy atom. The van der Waals surface area contributed by atoms with Crippen LogP contribution in [0.5, 0.6) is 0 Å². The van der Waals surface area contributed by atoms with Gasteiger partial charge in [-0.3, -0.25) is 9.59 Å². The van der Waals surface area contributed by atoms with Crippen LogP contribution in [-0.4, -0.2) is 28.5 Å². The van der Waals surface area contributed by atoms with Gasteiger partial charge in [-0.15, -0.1) is 0 Å². The van der Waals surface area contributed by atoms with E-state index < -0.39 is 0 Å². The molecule has 1 heterocycles. The monoisotopic (exact) mass is 250 g/mol. The second-order valence-corrected chi connectivity index (χ2v) is 4.31. The average molecular weight is 250 g/mol. The molecule has 4 nitrogen and oxygen atoms in total. The van der Waals surface area contributed by atoms with Gasteiger partial charge in [0.05, 0.1) is 0 Å². The first kappa shape index (κ1) is 14.5. The van der Waals surface area contributed by atoms with Crippen LogP contribution in [0.4, 0.5) is 0 Å². The van der Waals surface area contributed by atoms with E-state index in [-0.39, 0.29) is 11.5 Å². The molecule has 0 saturated carbocycles. The molecule has 1 aromatic rings. The van der Waals surface area contributed by atoms with E-state index in [0.29, 0.717) is 13.0 Å². The van der Waals surface area contributed by atoms with Gasteiger partial charge in [-0.1, -0.05) is 19.4 Å². The fraction of sp³-hybridized carbons (Fsp3) is 0.571. The summed E-state index contributed by atoms with van der Waals surface area (Å²) in [6, 6.07) is 5.03. The summed E-state index contributed by atoms with van der Waals surface area (Å²) in [5, 5.41) is 0. The predicted molar refractivity (Wildman–Crippen MR) is 72.5 cm³/mol. The van der Waals surface area contributed by atoms with Gasteiger partial charge in [-0.25, -0.2) is 0 Å². The quantitative estimate of drug-likeness (QED) is 0.741. The van der Waals surface area contributed by atoms with E-state index >= 15 is 0 Å². The maximum absolute atomic E-state index is 12.0. The molecule has 1 rings (SSSR count). The molecule has 100 valence electrons. The zero-order chi connectivity index (χ0) is 13.4. The summed E-state index contributed by atoms with van der Waals surface area (Å²) in [4.78, 5) is 25.3. The van der Waals surface area contributed by atoms with E-state index in [1.165, 1.54) is 6.07 Å². The van der Waals surface area contributed by atoms with Crippen molar-refractivity contribution in [1.29, 1.82) is 0 Å². The van der Waals surface area contributed by atoms with Crippen molar-refractivity contribution in [3.63, 3.8) is 0 Å². The number of carbonyl (C=O) groups excluding carboxylic acids is 1. The van der Waals surface area contributed by atoms with Crippen LogP contribution >= 0.6 is 0 Å². The minimum Gasteiger partial charge on any atom is -0.343 e. The minimum absolute atomic E-state index is 0.0538. The molecule has 4 heteroatoms. The molecule has 0 unspecified atom stereocenters. The molecule has 0 atom stereocenters. The first-order chi connectivity index (χ1) is 8.69. The number of aromatic nitrogens is 1. The summed E-state index contributed by atoms with van der Waals surface area (Å²) in [5.41, 5.74) is -0.0538. The fourth-order valence-electron chi connectivity index (χ4n) is 1.83. The number of aryl methyl sites for hydroxylation is 1. The number of hydrogen-bond donors (Lipinski definition) is 0. The molecule has 1 aromatic heterocycles. The Labute approximate surface area is 108 Å². The molecular formula is C14H22N2O2. The van der Waals surface area contributed by atoms with E-state index in [2.05, 4.69) is 6.92 Å². The van der Waals surface area contributed by atoms with Crippen molar-refractivity contribution in [2.24, 2.45) is 0 Å². The Morgan fingerprint density at radius 3 is 2.72 bits per heavy atom. The molecule has 0 fully saturated rings. The lowest BCUT2D eigenvalue weighted by atomic mass is 10.3. The maximum Gasteiger partial charge on any atom is 0.250 e. The summed E-state index contributed by atoms with van der Waals surface area (Å²) in [6.45, 7) is 6.11. The first-order valence-electron chi connectivity index (χ1n) is 6.62. The molecule has 0 aliphatic rings. The number of unbranched alkanes of at least 4 members (excludes halogenated alkanes) is 1. The van der Waals surface area contributed by atoms with Crippen LogP contribution in [0.15, 0.2) is 29.2 Å². The minimum atomic E-state index is -0.0538. The Balaban J connectivity index is 2.49. The molecule has 0 aliphatic heterocycles. The predicted octanol–water partition coefficient (Wildman–Crippen LogP) is 1.89. The molecule has 0 aliphatic carbocycles. The molecule has 0 saturated heterocycles. The number of amides is 1. The Bertz CT molecular complexity index is 426. The molecule has 0 radical (unpaired) electrons. The van der Waals surface area contributed by atoms with Crippen molar-refractivity contribution in [2.75, 3.05) is 13.1 Å². The van der Waals surface area contributed by atoms with E-state index in [1.807, 2.05) is 11.8 Å². The number of carbonyl (C=O) groups is 1. The molecule has 0 bridgehead atoms. The Kier molecular flexibility index (Phi) is 6.19. The average Bonchev–Trinajstić information content (AvgIpc) is 2.38. The highest BCUT2D eigenvalue weighted by Crippen LogP contribution is 2.00. The van der Waals surface area contributed by atoms with Gasteiger partial charge in [0.15, 0.2) is 0 Å². The Morgan fingerprint density at radius 2 is 2.11 bits per heavy atom. The standard InChI is InChI=1S/C14H22N2O2/c1-3-5-10-15(4-2)14(18)9-12-16-11-7-6-8-13(16)17/h6-8,11H,3-5,9-10,12H2,1-2H3. The highest BCUT2D eigenvalue weighted by molar-refractivity contribution is 5.76. The van der Waals surface area contributed by atoms with E-state index in [4.69, 9.17) is 0 Å². The van der Waals surface area contributed by atoms with Crippen molar-refractivity contribution >= 4 is 5.91 Å². The second-order valence-electron chi connectivity index (χ2n) is 4.31. The van der Waals surface area contributed by atoms with Crippen LogP contribution in [0, 0.1) is 0 Å². The van der Waals surface area contributed by atoms with E-state index in [0.717, 1.165) is 25.9 Å². The van der Waals surface area contributed by atoms with Gasteiger partial charge >= 0.3 is 0 Å². The topological polar surface area (TPSA) is 42.3 Å². The van der Waals surface area contributed by atoms with Crippen LogP contribution in [-0.2, 0) is 11.3 Å². The van der Waals surface area contributed by atoms with Crippen molar-refractivity contribution in [3.8, 4) is 0 Å². The fourth-order valence-corrected chi connectivity index (χ4v) is 1.83. The number of nitrogens with zero attached hydrogens (tertiary/aromatic N) is 2. The van der Waals surface area contributed by atoms with Gasteiger partial charge in [-0.2, -0.15) is 0 Å². The highest BCUT2D eigenvalue weighted by Gasteiger charge is 2.10. The lowest BCUT2D eigenvalue weighted by molar-refractivity contribution is -0.131. The molecule has 0 N–H and O–H groups in total. The van der Waals surface area contributed by atoms with Crippen molar-refractivity contribution < 1.29 is 4.79 Å². The van der Waals surface area contributed by atoms with Crippen molar-refractivity contribution in [1.82, 2.24) is 9.47 Å². The third-order valence-corrected chi connectivity index (χ3v) is 2.98. The normalized spacial score (nSPS) is 10.3. The van der Waals surface area contributed by atoms with Gasteiger partial charge in [-0.05, 0) is 19.4 Å². The largest absolute Gasteiger partial charge is 0.343 e. The summed E-state index contributed by atoms with van der Waals surface area (Å²) in [5.74, 6) is 0.127. The van der Waals surface area contributed by atoms with Gasteiger partial charge in [0.25, 0.3) is 5.56 Å². The van der Waals surface area contributed by atoms with Crippen molar-refractivity contribution in [2.45, 2.75) is 39.7 Å². The van der Waals surface area contributed by atoms with Crippen LogP contribution in [0.2, 0.25) is 0 Å². The summed E-state index contributed by atoms with van der Waals surface area (Å²) in [7, 11) is 0. The lowest BCUT2D eigenvalue weighted by Gasteiger charge is -2.20. The summed E-state index contributed by atoms with van der Waals surface area (Å²) >= 11 is 0. The van der Waals surface area contributed by atoms with Gasteiger partial charge in [0.1, 0.15) is 0 Å². The third kappa shape index (κ3) is 4.35. The van der Waals surface area contributed by atoms with Crippen LogP contribution < -0.4 is 5.56 Å². The lowest BCUT2D eigenvalue weighted by Crippen LogP contribution is -2.33. The summed E-state index contributed by atoms with van der Waals surface area (Å²) in [6.07, 6.45) is 4.23. The molecule has 1 amide bonds. The first-order valence-corrected chi connectivity index (χ1v) is 6.62. The van der Waals surface area contributed by atoms with Crippen LogP contribution in [0.3, 0.4) is 0 Å². The zero-order valence-corrected chi connectivity index (χ0v) is 11.3. The van der Waals surface area contributed by atoms with Gasteiger partial charge in [0, 0.05) is 38.3 Å². The second kappa shape index (κ2) is 7.69. The van der Waals surface area contributed by atoms with Crippen LogP contribution in [0.1, 0.15) is 33.1 Å². The molecule has 18 heavy (non-hydrogen) atoms. The molecule has 0 spiro atoms. The smallest absolute Gasteiger partial charge is 0.250 e. The Hall–Kier alpha value is -1.58.